The van der Waals surface area contributed by atoms with Crippen LogP contribution in [0.4, 0.5) is 0 Å². The van der Waals surface area contributed by atoms with Crippen molar-refractivity contribution in [2.75, 3.05) is 12.3 Å². The number of hydrogen-bond donors (Lipinski definition) is 1. The fourth-order valence-corrected chi connectivity index (χ4v) is 3.68. The summed E-state index contributed by atoms with van der Waals surface area (Å²) in [6.07, 6.45) is 6.69. The molecule has 0 aromatic heterocycles. The second-order valence-corrected chi connectivity index (χ2v) is 6.70. The summed E-state index contributed by atoms with van der Waals surface area (Å²) in [5.74, 6) is 0.0692. The van der Waals surface area contributed by atoms with E-state index >= 15 is 0 Å². The SMILES string of the molecule is C=C=CCNS(=O)(=O)CC1CCC2(CCC2)O1. The van der Waals surface area contributed by atoms with Gasteiger partial charge in [-0.2, -0.15) is 0 Å². The molecule has 1 unspecified atom stereocenters. The standard InChI is InChI=1S/C12H19NO3S/c1-2-3-9-13-17(14,15)10-11-5-8-12(16-11)6-4-7-12/h3,11,13H,1,4-10H2. The molecule has 1 heterocycles. The molecule has 1 saturated heterocycles. The van der Waals surface area contributed by atoms with Gasteiger partial charge >= 0.3 is 0 Å². The minimum absolute atomic E-state index is 0.0290. The van der Waals surface area contributed by atoms with Crippen molar-refractivity contribution in [2.24, 2.45) is 0 Å². The van der Waals surface area contributed by atoms with Crippen molar-refractivity contribution >= 4 is 10.0 Å². The van der Waals surface area contributed by atoms with E-state index in [1.807, 2.05) is 0 Å². The Morgan fingerprint density at radius 1 is 1.47 bits per heavy atom. The molecule has 5 heteroatoms. The van der Waals surface area contributed by atoms with Crippen LogP contribution in [0.5, 0.6) is 0 Å². The van der Waals surface area contributed by atoms with E-state index in [0.29, 0.717) is 0 Å². The molecule has 0 bridgehead atoms. The van der Waals surface area contributed by atoms with Crippen LogP contribution in [-0.4, -0.2) is 32.4 Å². The van der Waals surface area contributed by atoms with Gasteiger partial charge in [0.15, 0.2) is 0 Å². The average Bonchev–Trinajstić information content (AvgIpc) is 2.61. The molecule has 0 radical (unpaired) electrons. The molecule has 1 saturated carbocycles. The van der Waals surface area contributed by atoms with E-state index in [9.17, 15) is 8.42 Å². The number of rotatable bonds is 5. The molecule has 0 aromatic carbocycles. The van der Waals surface area contributed by atoms with Crippen LogP contribution in [0.2, 0.25) is 0 Å². The average molecular weight is 257 g/mol. The van der Waals surface area contributed by atoms with Crippen molar-refractivity contribution in [1.82, 2.24) is 4.72 Å². The topological polar surface area (TPSA) is 55.4 Å². The summed E-state index contributed by atoms with van der Waals surface area (Å²) in [4.78, 5) is 0. The first-order chi connectivity index (χ1) is 8.05. The maximum Gasteiger partial charge on any atom is 0.214 e. The number of nitrogens with one attached hydrogen (secondary N) is 1. The van der Waals surface area contributed by atoms with Crippen molar-refractivity contribution in [3.05, 3.63) is 18.4 Å². The molecular formula is C12H19NO3S. The van der Waals surface area contributed by atoms with Crippen molar-refractivity contribution in [1.29, 1.82) is 0 Å². The predicted octanol–water partition coefficient (Wildman–Crippen LogP) is 1.35. The smallest absolute Gasteiger partial charge is 0.214 e. The monoisotopic (exact) mass is 257 g/mol. The third-order valence-corrected chi connectivity index (χ3v) is 4.98. The van der Waals surface area contributed by atoms with E-state index in [0.717, 1.165) is 25.7 Å². The van der Waals surface area contributed by atoms with E-state index in [2.05, 4.69) is 17.0 Å². The van der Waals surface area contributed by atoms with Crippen LogP contribution in [0.1, 0.15) is 32.1 Å². The van der Waals surface area contributed by atoms with Gasteiger partial charge in [0.05, 0.1) is 17.5 Å². The van der Waals surface area contributed by atoms with Gasteiger partial charge in [-0.15, -0.1) is 5.73 Å². The second kappa shape index (κ2) is 4.94. The van der Waals surface area contributed by atoms with Gasteiger partial charge in [0.2, 0.25) is 10.0 Å². The molecule has 4 nitrogen and oxygen atoms in total. The molecule has 17 heavy (non-hydrogen) atoms. The zero-order valence-electron chi connectivity index (χ0n) is 9.94. The summed E-state index contributed by atoms with van der Waals surface area (Å²) in [5, 5.41) is 0. The Morgan fingerprint density at radius 2 is 2.24 bits per heavy atom. The Hall–Kier alpha value is -0.610. The van der Waals surface area contributed by atoms with Crippen molar-refractivity contribution in [3.8, 4) is 0 Å². The largest absolute Gasteiger partial charge is 0.371 e. The lowest BCUT2D eigenvalue weighted by molar-refractivity contribution is -0.0842. The van der Waals surface area contributed by atoms with Crippen LogP contribution >= 0.6 is 0 Å². The Bertz CT molecular complexity index is 419. The number of ether oxygens (including phenoxy) is 1. The Morgan fingerprint density at radius 3 is 2.76 bits per heavy atom. The normalized spacial score (nSPS) is 26.5. The molecule has 0 amide bonds. The van der Waals surface area contributed by atoms with Gasteiger partial charge in [0.1, 0.15) is 0 Å². The van der Waals surface area contributed by atoms with Gasteiger partial charge in [-0.3, -0.25) is 0 Å². The Kier molecular flexibility index (Phi) is 3.73. The van der Waals surface area contributed by atoms with Crippen molar-refractivity contribution in [2.45, 2.75) is 43.8 Å². The van der Waals surface area contributed by atoms with Gasteiger partial charge in [0, 0.05) is 6.54 Å². The zero-order valence-corrected chi connectivity index (χ0v) is 10.8. The molecular weight excluding hydrogens is 238 g/mol. The highest BCUT2D eigenvalue weighted by atomic mass is 32.2. The molecule has 1 atom stereocenters. The summed E-state index contributed by atoms with van der Waals surface area (Å²) in [6.45, 7) is 3.63. The van der Waals surface area contributed by atoms with E-state index in [4.69, 9.17) is 4.74 Å². The molecule has 0 aromatic rings. The van der Waals surface area contributed by atoms with Gasteiger partial charge < -0.3 is 4.74 Å². The highest BCUT2D eigenvalue weighted by Crippen LogP contribution is 2.45. The fraction of sp³-hybridized carbons (Fsp3) is 0.750. The van der Waals surface area contributed by atoms with Gasteiger partial charge in [-0.05, 0) is 38.2 Å². The molecule has 1 aliphatic heterocycles. The quantitative estimate of drug-likeness (QED) is 0.756. The highest BCUT2D eigenvalue weighted by molar-refractivity contribution is 7.89. The predicted molar refractivity (Wildman–Crippen MR) is 66.2 cm³/mol. The maximum absolute atomic E-state index is 11.7. The van der Waals surface area contributed by atoms with Crippen LogP contribution in [0.25, 0.3) is 0 Å². The third-order valence-electron chi connectivity index (χ3n) is 3.56. The first-order valence-electron chi connectivity index (χ1n) is 6.05. The van der Waals surface area contributed by atoms with E-state index in [-0.39, 0.29) is 24.0 Å². The summed E-state index contributed by atoms with van der Waals surface area (Å²) in [6, 6.07) is 0. The van der Waals surface area contributed by atoms with Crippen LogP contribution in [0.15, 0.2) is 18.4 Å². The molecule has 1 spiro atoms. The first kappa shape index (κ1) is 12.8. The Labute approximate surface area is 103 Å². The van der Waals surface area contributed by atoms with E-state index in [1.54, 1.807) is 6.08 Å². The van der Waals surface area contributed by atoms with Gasteiger partial charge in [-0.1, -0.05) is 6.58 Å². The summed E-state index contributed by atoms with van der Waals surface area (Å²) in [7, 11) is -3.25. The van der Waals surface area contributed by atoms with Crippen molar-refractivity contribution < 1.29 is 13.2 Å². The molecule has 2 aliphatic rings. The minimum Gasteiger partial charge on any atom is -0.371 e. The van der Waals surface area contributed by atoms with E-state index < -0.39 is 10.0 Å². The number of sulfonamides is 1. The lowest BCUT2D eigenvalue weighted by atomic mass is 9.78. The van der Waals surface area contributed by atoms with E-state index in [1.165, 1.54) is 6.42 Å². The molecule has 96 valence electrons. The first-order valence-corrected chi connectivity index (χ1v) is 7.70. The van der Waals surface area contributed by atoms with Crippen LogP contribution in [-0.2, 0) is 14.8 Å². The van der Waals surface area contributed by atoms with Gasteiger partial charge in [-0.25, -0.2) is 13.1 Å². The summed E-state index contributed by atoms with van der Waals surface area (Å²) < 4.78 is 31.8. The highest BCUT2D eigenvalue weighted by Gasteiger charge is 2.45. The molecule has 2 rings (SSSR count). The minimum atomic E-state index is -3.25. The lowest BCUT2D eigenvalue weighted by Crippen LogP contribution is -2.39. The molecule has 1 N–H and O–H groups in total. The second-order valence-electron chi connectivity index (χ2n) is 4.85. The third kappa shape index (κ3) is 3.19. The van der Waals surface area contributed by atoms with Crippen molar-refractivity contribution in [3.63, 3.8) is 0 Å². The lowest BCUT2D eigenvalue weighted by Gasteiger charge is -2.37. The molecule has 1 aliphatic carbocycles. The Balaban J connectivity index is 1.82. The van der Waals surface area contributed by atoms with Crippen LogP contribution < -0.4 is 4.72 Å². The zero-order chi connectivity index (χ0) is 12.4. The van der Waals surface area contributed by atoms with Crippen LogP contribution in [0.3, 0.4) is 0 Å². The maximum atomic E-state index is 11.7. The summed E-state index contributed by atoms with van der Waals surface area (Å²) in [5.41, 5.74) is 2.56. The van der Waals surface area contributed by atoms with Crippen LogP contribution in [0, 0.1) is 0 Å². The summed E-state index contributed by atoms with van der Waals surface area (Å²) >= 11 is 0. The molecule has 2 fully saturated rings. The van der Waals surface area contributed by atoms with Gasteiger partial charge in [0.25, 0.3) is 0 Å². The number of hydrogen-bond acceptors (Lipinski definition) is 3. The fourth-order valence-electron chi connectivity index (χ4n) is 2.50.